The van der Waals surface area contributed by atoms with Gasteiger partial charge in [-0.15, -0.1) is 0 Å². The van der Waals surface area contributed by atoms with E-state index in [1.165, 1.54) is 12.8 Å². The fourth-order valence-corrected chi connectivity index (χ4v) is 1.69. The molecule has 0 saturated carbocycles. The smallest absolute Gasteiger partial charge is 0.0841 e. The van der Waals surface area contributed by atoms with Crippen LogP contribution < -0.4 is 0 Å². The molecule has 0 aromatic rings. The van der Waals surface area contributed by atoms with Crippen molar-refractivity contribution in [2.24, 2.45) is 11.8 Å². The zero-order chi connectivity index (χ0) is 8.43. The molecule has 3 atom stereocenters. The minimum atomic E-state index is 0.544. The lowest BCUT2D eigenvalue weighted by Crippen LogP contribution is -2.10. The molecule has 0 bridgehead atoms. The van der Waals surface area contributed by atoms with Gasteiger partial charge in [-0.25, -0.2) is 0 Å². The molecule has 0 radical (unpaired) electrons. The maximum Gasteiger partial charge on any atom is 0.0841 e. The summed E-state index contributed by atoms with van der Waals surface area (Å²) in [5.74, 6) is 1.68. The Bertz CT molecular complexity index is 120. The van der Waals surface area contributed by atoms with Gasteiger partial charge in [-0.2, -0.15) is 0 Å². The van der Waals surface area contributed by atoms with E-state index in [1.807, 2.05) is 0 Å². The fourth-order valence-electron chi connectivity index (χ4n) is 1.69. The topological polar surface area (TPSA) is 12.5 Å². The highest BCUT2D eigenvalue weighted by molar-refractivity contribution is 4.83. The van der Waals surface area contributed by atoms with Crippen molar-refractivity contribution >= 4 is 0 Å². The Morgan fingerprint density at radius 3 is 2.18 bits per heavy atom. The van der Waals surface area contributed by atoms with Crippen molar-refractivity contribution in [3.8, 4) is 0 Å². The van der Waals surface area contributed by atoms with E-state index in [4.69, 9.17) is 4.74 Å². The Balaban J connectivity index is 2.21. The van der Waals surface area contributed by atoms with E-state index in [9.17, 15) is 0 Å². The number of rotatable bonds is 4. The summed E-state index contributed by atoms with van der Waals surface area (Å²) in [5.41, 5.74) is 0. The Labute approximate surface area is 70.1 Å². The van der Waals surface area contributed by atoms with E-state index in [1.54, 1.807) is 0 Å². The van der Waals surface area contributed by atoms with Crippen LogP contribution in [0.1, 0.15) is 40.5 Å². The molecule has 1 saturated heterocycles. The monoisotopic (exact) mass is 156 g/mol. The lowest BCUT2D eigenvalue weighted by molar-refractivity contribution is 0.290. The van der Waals surface area contributed by atoms with Crippen LogP contribution >= 0.6 is 0 Å². The third-order valence-electron chi connectivity index (χ3n) is 2.84. The first-order valence-electron chi connectivity index (χ1n) is 4.80. The molecule has 0 N–H and O–H groups in total. The van der Waals surface area contributed by atoms with Gasteiger partial charge in [0.05, 0.1) is 12.2 Å². The number of ether oxygens (including phenoxy) is 1. The summed E-state index contributed by atoms with van der Waals surface area (Å²) >= 11 is 0. The molecule has 66 valence electrons. The van der Waals surface area contributed by atoms with Crippen LogP contribution in [0.2, 0.25) is 0 Å². The molecule has 1 fully saturated rings. The van der Waals surface area contributed by atoms with Gasteiger partial charge in [0, 0.05) is 0 Å². The first-order chi connectivity index (χ1) is 5.15. The molecular formula is C10H20O. The Kier molecular flexibility index (Phi) is 2.94. The molecule has 0 aliphatic carbocycles. The summed E-state index contributed by atoms with van der Waals surface area (Å²) in [4.78, 5) is 0. The predicted octanol–water partition coefficient (Wildman–Crippen LogP) is 2.85. The second-order valence-corrected chi connectivity index (χ2v) is 4.03. The standard InChI is InChI=1S/C10H20O/c1-5-9(7(2)3)6-10-8(4)11-10/h7-10H,5-6H2,1-4H3. The molecule has 1 heteroatoms. The molecule has 0 aromatic carbocycles. The molecule has 3 unspecified atom stereocenters. The van der Waals surface area contributed by atoms with Gasteiger partial charge in [-0.3, -0.25) is 0 Å². The van der Waals surface area contributed by atoms with Crippen LogP contribution in [0.5, 0.6) is 0 Å². The molecule has 1 nitrogen and oxygen atoms in total. The second-order valence-electron chi connectivity index (χ2n) is 4.03. The van der Waals surface area contributed by atoms with Crippen LogP contribution in [0.4, 0.5) is 0 Å². The zero-order valence-electron chi connectivity index (χ0n) is 8.13. The average Bonchev–Trinajstić information content (AvgIpc) is 2.61. The van der Waals surface area contributed by atoms with E-state index >= 15 is 0 Å². The molecule has 11 heavy (non-hydrogen) atoms. The van der Waals surface area contributed by atoms with Crippen LogP contribution in [0.3, 0.4) is 0 Å². The Hall–Kier alpha value is -0.0400. The van der Waals surface area contributed by atoms with E-state index < -0.39 is 0 Å². The lowest BCUT2D eigenvalue weighted by Gasteiger charge is -2.17. The first-order valence-corrected chi connectivity index (χ1v) is 4.80. The van der Waals surface area contributed by atoms with Crippen LogP contribution in [0.15, 0.2) is 0 Å². The molecular weight excluding hydrogens is 136 g/mol. The van der Waals surface area contributed by atoms with Crippen LogP contribution in [0, 0.1) is 11.8 Å². The Morgan fingerprint density at radius 1 is 1.36 bits per heavy atom. The maximum absolute atomic E-state index is 5.40. The van der Waals surface area contributed by atoms with Crippen molar-refractivity contribution in [3.63, 3.8) is 0 Å². The van der Waals surface area contributed by atoms with Gasteiger partial charge in [0.25, 0.3) is 0 Å². The van der Waals surface area contributed by atoms with E-state index in [0.29, 0.717) is 12.2 Å². The van der Waals surface area contributed by atoms with Gasteiger partial charge in [0.15, 0.2) is 0 Å². The molecule has 0 spiro atoms. The highest BCUT2D eigenvalue weighted by Gasteiger charge is 2.35. The summed E-state index contributed by atoms with van der Waals surface area (Å²) in [6.45, 7) is 9.05. The first kappa shape index (κ1) is 9.05. The number of epoxide rings is 1. The SMILES string of the molecule is CCC(CC1OC1C)C(C)C. The predicted molar refractivity (Wildman–Crippen MR) is 47.6 cm³/mol. The van der Waals surface area contributed by atoms with E-state index in [-0.39, 0.29) is 0 Å². The third-order valence-corrected chi connectivity index (χ3v) is 2.84. The Morgan fingerprint density at radius 2 is 1.91 bits per heavy atom. The van der Waals surface area contributed by atoms with Crippen molar-refractivity contribution < 1.29 is 4.74 Å². The number of hydrogen-bond donors (Lipinski definition) is 0. The summed E-state index contributed by atoms with van der Waals surface area (Å²) < 4.78 is 5.40. The van der Waals surface area contributed by atoms with Gasteiger partial charge in [0.2, 0.25) is 0 Å². The largest absolute Gasteiger partial charge is 0.370 e. The quantitative estimate of drug-likeness (QED) is 0.570. The summed E-state index contributed by atoms with van der Waals surface area (Å²) in [7, 11) is 0. The van der Waals surface area contributed by atoms with Gasteiger partial charge in [-0.05, 0) is 25.2 Å². The third kappa shape index (κ3) is 2.48. The van der Waals surface area contributed by atoms with Crippen molar-refractivity contribution in [2.45, 2.75) is 52.7 Å². The minimum Gasteiger partial charge on any atom is -0.370 e. The molecule has 0 aromatic heterocycles. The van der Waals surface area contributed by atoms with Gasteiger partial charge < -0.3 is 4.74 Å². The number of hydrogen-bond acceptors (Lipinski definition) is 1. The van der Waals surface area contributed by atoms with Crippen LogP contribution in [-0.4, -0.2) is 12.2 Å². The lowest BCUT2D eigenvalue weighted by atomic mass is 9.88. The highest BCUT2D eigenvalue weighted by Crippen LogP contribution is 2.32. The second kappa shape index (κ2) is 3.57. The normalized spacial score (nSPS) is 32.5. The fraction of sp³-hybridized carbons (Fsp3) is 1.00. The van der Waals surface area contributed by atoms with E-state index in [0.717, 1.165) is 11.8 Å². The van der Waals surface area contributed by atoms with Crippen LogP contribution in [-0.2, 0) is 4.74 Å². The van der Waals surface area contributed by atoms with Gasteiger partial charge in [0.1, 0.15) is 0 Å². The average molecular weight is 156 g/mol. The zero-order valence-corrected chi connectivity index (χ0v) is 8.13. The van der Waals surface area contributed by atoms with Crippen molar-refractivity contribution in [1.82, 2.24) is 0 Å². The van der Waals surface area contributed by atoms with Crippen molar-refractivity contribution in [1.29, 1.82) is 0 Å². The molecule has 1 rings (SSSR count). The van der Waals surface area contributed by atoms with Gasteiger partial charge >= 0.3 is 0 Å². The summed E-state index contributed by atoms with van der Waals surface area (Å²) in [6, 6.07) is 0. The van der Waals surface area contributed by atoms with Crippen molar-refractivity contribution in [3.05, 3.63) is 0 Å². The molecule has 1 heterocycles. The van der Waals surface area contributed by atoms with Crippen LogP contribution in [0.25, 0.3) is 0 Å². The summed E-state index contributed by atoms with van der Waals surface area (Å²) in [6.07, 6.45) is 3.70. The van der Waals surface area contributed by atoms with Crippen molar-refractivity contribution in [2.75, 3.05) is 0 Å². The highest BCUT2D eigenvalue weighted by atomic mass is 16.6. The summed E-state index contributed by atoms with van der Waals surface area (Å²) in [5, 5.41) is 0. The molecule has 1 aliphatic heterocycles. The molecule has 0 amide bonds. The molecule has 1 aliphatic rings. The maximum atomic E-state index is 5.40. The minimum absolute atomic E-state index is 0.544. The van der Waals surface area contributed by atoms with E-state index in [2.05, 4.69) is 27.7 Å². The van der Waals surface area contributed by atoms with Gasteiger partial charge in [-0.1, -0.05) is 27.2 Å².